The predicted octanol–water partition coefficient (Wildman–Crippen LogP) is 3.02. The number of hydrogen-bond acceptors (Lipinski definition) is 9. The van der Waals surface area contributed by atoms with Gasteiger partial charge in [-0.2, -0.15) is 0 Å². The lowest BCUT2D eigenvalue weighted by Crippen LogP contribution is -2.62. The van der Waals surface area contributed by atoms with Gasteiger partial charge in [0.1, 0.15) is 11.4 Å². The van der Waals surface area contributed by atoms with Gasteiger partial charge in [0, 0.05) is 12.1 Å². The summed E-state index contributed by atoms with van der Waals surface area (Å²) in [5.41, 5.74) is 3.50. The van der Waals surface area contributed by atoms with Crippen LogP contribution in [-0.2, 0) is 9.16 Å². The van der Waals surface area contributed by atoms with Crippen LogP contribution < -0.4 is 15.6 Å². The van der Waals surface area contributed by atoms with E-state index in [0.29, 0.717) is 0 Å². The lowest BCUT2D eigenvalue weighted by Gasteiger charge is -2.42. The Balaban J connectivity index is 2.42. The zero-order valence-electron chi connectivity index (χ0n) is 18.6. The highest BCUT2D eigenvalue weighted by molar-refractivity contribution is 6.74. The molecule has 1 heterocycles. The number of rotatable bonds is 6. The van der Waals surface area contributed by atoms with E-state index in [4.69, 9.17) is 13.9 Å². The van der Waals surface area contributed by atoms with E-state index >= 15 is 0 Å². The van der Waals surface area contributed by atoms with Gasteiger partial charge in [-0.15, -0.1) is 0 Å². The van der Waals surface area contributed by atoms with Gasteiger partial charge in [-0.25, -0.2) is 15.2 Å². The highest BCUT2D eigenvalue weighted by atomic mass is 28.4. The number of non-ortho nitro benzene ring substituents is 1. The number of nitro benzene ring substituents is 1. The predicted molar refractivity (Wildman–Crippen MR) is 117 cm³/mol. The average Bonchev–Trinajstić information content (AvgIpc) is 2.69. The van der Waals surface area contributed by atoms with Crippen LogP contribution in [0.2, 0.25) is 18.1 Å². The number of amides is 1. The molecule has 1 atom stereocenters. The number of hydrogen-bond donors (Lipinski definition) is 3. The number of aliphatic imine (C=N–C) groups is 1. The Bertz CT molecular complexity index is 869. The second-order valence-corrected chi connectivity index (χ2v) is 13.5. The van der Waals surface area contributed by atoms with E-state index < -0.39 is 31.5 Å². The number of nitro groups is 1. The summed E-state index contributed by atoms with van der Waals surface area (Å²) >= 11 is 0. The Hall–Kier alpha value is -2.70. The molecule has 1 aliphatic heterocycles. The zero-order valence-corrected chi connectivity index (χ0v) is 19.6. The van der Waals surface area contributed by atoms with Crippen LogP contribution >= 0.6 is 0 Å². The maximum atomic E-state index is 11.8. The molecule has 1 unspecified atom stereocenters. The minimum absolute atomic E-state index is 0.0368. The van der Waals surface area contributed by atoms with Crippen molar-refractivity contribution >= 4 is 31.6 Å². The van der Waals surface area contributed by atoms with Gasteiger partial charge in [-0.3, -0.25) is 15.5 Å². The molecule has 12 heteroatoms. The number of nitrogens with one attached hydrogen (secondary N) is 2. The molecule has 1 aromatic rings. The first-order valence-corrected chi connectivity index (χ1v) is 12.8. The fourth-order valence-electron chi connectivity index (χ4n) is 2.46. The molecule has 31 heavy (non-hydrogen) atoms. The first kappa shape index (κ1) is 24.6. The summed E-state index contributed by atoms with van der Waals surface area (Å²) in [4.78, 5) is 26.7. The number of aliphatic hydroxyl groups is 1. The number of aliphatic hydroxyl groups excluding tert-OH is 1. The van der Waals surface area contributed by atoms with E-state index in [2.05, 4.69) is 49.7 Å². The normalized spacial score (nSPS) is 18.4. The fourth-order valence-corrected chi connectivity index (χ4v) is 3.48. The quantitative estimate of drug-likeness (QED) is 0.338. The highest BCUT2D eigenvalue weighted by Gasteiger charge is 2.46. The molecule has 0 fully saturated rings. The van der Waals surface area contributed by atoms with E-state index in [1.165, 1.54) is 18.2 Å². The maximum Gasteiger partial charge on any atom is 0.425 e. The van der Waals surface area contributed by atoms with Crippen LogP contribution in [-0.4, -0.2) is 55.7 Å². The molecule has 0 aromatic heterocycles. The standard InChI is InChI=1S/C19H30N4O7Si/c1-7-28-17(25)22-21-16-19(11-24,12-29-31(5,6)18(2,3)4)30-15-9-8-13(23(26)27)10-14(15)20-16/h8-10,24H,7,11-12H2,1-6H3,(H,20,21)(H,22,25). The van der Waals surface area contributed by atoms with Gasteiger partial charge in [0.05, 0.1) is 24.7 Å². The molecule has 3 N–H and O–H groups in total. The summed E-state index contributed by atoms with van der Waals surface area (Å²) in [6.45, 7) is 11.6. The van der Waals surface area contributed by atoms with Crippen LogP contribution in [0, 0.1) is 10.1 Å². The van der Waals surface area contributed by atoms with Gasteiger partial charge in [0.15, 0.2) is 14.2 Å². The number of carbonyl (C=O) groups excluding carboxylic acids is 1. The summed E-state index contributed by atoms with van der Waals surface area (Å²) in [6.07, 6.45) is -0.757. The van der Waals surface area contributed by atoms with Crippen LogP contribution in [0.15, 0.2) is 23.2 Å². The molecular formula is C19H30N4O7Si. The first-order valence-electron chi connectivity index (χ1n) is 9.85. The molecule has 0 bridgehead atoms. The lowest BCUT2D eigenvalue weighted by molar-refractivity contribution is -0.384. The van der Waals surface area contributed by atoms with Crippen molar-refractivity contribution in [3.05, 3.63) is 28.3 Å². The molecule has 172 valence electrons. The molecule has 0 spiro atoms. The van der Waals surface area contributed by atoms with Gasteiger partial charge in [0.25, 0.3) is 5.69 Å². The summed E-state index contributed by atoms with van der Waals surface area (Å²) < 4.78 is 17.2. The Kier molecular flexibility index (Phi) is 7.29. The van der Waals surface area contributed by atoms with Crippen molar-refractivity contribution in [2.24, 2.45) is 4.99 Å². The van der Waals surface area contributed by atoms with Crippen LogP contribution in [0.4, 0.5) is 16.2 Å². The number of ether oxygens (including phenoxy) is 2. The van der Waals surface area contributed by atoms with Crippen LogP contribution in [0.25, 0.3) is 0 Å². The first-order chi connectivity index (χ1) is 14.3. The number of benzene rings is 1. The van der Waals surface area contributed by atoms with Gasteiger partial charge in [-0.05, 0) is 31.1 Å². The number of hydrazine groups is 1. The van der Waals surface area contributed by atoms with Crippen molar-refractivity contribution in [1.82, 2.24) is 10.9 Å². The molecule has 1 aromatic carbocycles. The molecular weight excluding hydrogens is 424 g/mol. The van der Waals surface area contributed by atoms with Crippen LogP contribution in [0.1, 0.15) is 27.7 Å². The smallest absolute Gasteiger partial charge is 0.425 e. The Morgan fingerprint density at radius 3 is 2.61 bits per heavy atom. The largest absolute Gasteiger partial charge is 0.472 e. The summed E-state index contributed by atoms with van der Waals surface area (Å²) in [7, 11) is -2.23. The lowest BCUT2D eigenvalue weighted by atomic mass is 10.0. The van der Waals surface area contributed by atoms with E-state index in [0.717, 1.165) is 0 Å². The van der Waals surface area contributed by atoms with Crippen molar-refractivity contribution < 1.29 is 28.7 Å². The van der Waals surface area contributed by atoms with Gasteiger partial charge in [0.2, 0.25) is 5.60 Å². The zero-order chi connectivity index (χ0) is 23.4. The number of amidine groups is 1. The second kappa shape index (κ2) is 9.20. The van der Waals surface area contributed by atoms with E-state index in [1.54, 1.807) is 6.92 Å². The molecule has 0 saturated heterocycles. The van der Waals surface area contributed by atoms with Gasteiger partial charge in [-0.1, -0.05) is 20.8 Å². The summed E-state index contributed by atoms with van der Waals surface area (Å²) in [5, 5.41) is 21.3. The topological polar surface area (TPSA) is 145 Å². The molecule has 0 radical (unpaired) electrons. The minimum Gasteiger partial charge on any atom is -0.472 e. The fraction of sp³-hybridized carbons (Fsp3) is 0.579. The Morgan fingerprint density at radius 2 is 2.06 bits per heavy atom. The molecule has 0 saturated carbocycles. The van der Waals surface area contributed by atoms with Crippen LogP contribution in [0.3, 0.4) is 0 Å². The van der Waals surface area contributed by atoms with E-state index in [9.17, 15) is 20.0 Å². The highest BCUT2D eigenvalue weighted by Crippen LogP contribution is 2.41. The van der Waals surface area contributed by atoms with Crippen molar-refractivity contribution in [2.45, 2.75) is 51.4 Å². The van der Waals surface area contributed by atoms with Crippen molar-refractivity contribution in [2.75, 3.05) is 19.8 Å². The van der Waals surface area contributed by atoms with Crippen molar-refractivity contribution in [3.8, 4) is 5.75 Å². The Labute approximate surface area is 182 Å². The second-order valence-electron chi connectivity index (χ2n) is 8.64. The third kappa shape index (κ3) is 5.51. The molecule has 1 aliphatic rings. The maximum absolute atomic E-state index is 11.8. The number of carbonyl (C=O) groups is 1. The third-order valence-electron chi connectivity index (χ3n) is 5.41. The number of fused-ring (bicyclic) bond motifs is 1. The third-order valence-corrected chi connectivity index (χ3v) is 9.89. The minimum atomic E-state index is -2.23. The molecule has 11 nitrogen and oxygen atoms in total. The van der Waals surface area contributed by atoms with E-state index in [1.807, 2.05) is 0 Å². The SMILES string of the molecule is CCOC(=O)NNC1=Nc2cc([N+](=O)[O-])ccc2OC1(CO)CO[Si](C)(C)C(C)(C)C. The van der Waals surface area contributed by atoms with E-state index in [-0.39, 0.29) is 41.2 Å². The average molecular weight is 455 g/mol. The molecule has 2 rings (SSSR count). The molecule has 0 aliphatic carbocycles. The van der Waals surface area contributed by atoms with Gasteiger partial charge < -0.3 is 19.0 Å². The summed E-state index contributed by atoms with van der Waals surface area (Å²) in [5.74, 6) is 0.287. The van der Waals surface area contributed by atoms with Gasteiger partial charge >= 0.3 is 6.09 Å². The van der Waals surface area contributed by atoms with Crippen molar-refractivity contribution in [1.29, 1.82) is 0 Å². The monoisotopic (exact) mass is 454 g/mol. The van der Waals surface area contributed by atoms with Crippen LogP contribution in [0.5, 0.6) is 5.75 Å². The summed E-state index contributed by atoms with van der Waals surface area (Å²) in [6, 6.07) is 3.96. The van der Waals surface area contributed by atoms with Crippen molar-refractivity contribution in [3.63, 3.8) is 0 Å². The number of nitrogens with zero attached hydrogens (tertiary/aromatic N) is 2. The molecule has 1 amide bonds. The Morgan fingerprint density at radius 1 is 1.39 bits per heavy atom.